The number of hydrogen-bond acceptors (Lipinski definition) is 6. The molecule has 4 rings (SSSR count). The molecule has 2 aliphatic rings. The Morgan fingerprint density at radius 1 is 1.07 bits per heavy atom. The average molecular weight is 431 g/mol. The van der Waals surface area contributed by atoms with E-state index in [9.17, 15) is 13.2 Å². The summed E-state index contributed by atoms with van der Waals surface area (Å²) in [5.74, 6) is 0.557. The molecule has 0 spiro atoms. The zero-order valence-corrected chi connectivity index (χ0v) is 17.6. The molecule has 1 amide bonds. The number of amides is 1. The van der Waals surface area contributed by atoms with Crippen LogP contribution in [-0.4, -0.2) is 63.0 Å². The van der Waals surface area contributed by atoms with Crippen LogP contribution in [0.3, 0.4) is 0 Å². The molecule has 160 valence electrons. The quantitative estimate of drug-likeness (QED) is 0.749. The number of nitrogens with zero attached hydrogens (tertiary/aromatic N) is 3. The van der Waals surface area contributed by atoms with Crippen LogP contribution in [0.5, 0.6) is 0 Å². The Bertz CT molecular complexity index is 1000. The highest BCUT2D eigenvalue weighted by atomic mass is 32.2. The van der Waals surface area contributed by atoms with Gasteiger partial charge in [-0.05, 0) is 48.7 Å². The minimum atomic E-state index is -3.55. The number of ether oxygens (including phenoxy) is 1. The van der Waals surface area contributed by atoms with E-state index in [4.69, 9.17) is 4.74 Å². The molecule has 0 bridgehead atoms. The normalized spacial score (nSPS) is 17.8. The number of pyridine rings is 1. The van der Waals surface area contributed by atoms with Crippen molar-refractivity contribution in [2.45, 2.75) is 24.3 Å². The second-order valence-corrected chi connectivity index (χ2v) is 9.38. The molecule has 0 saturated carbocycles. The van der Waals surface area contributed by atoms with Crippen molar-refractivity contribution in [2.24, 2.45) is 0 Å². The first kappa shape index (κ1) is 20.8. The summed E-state index contributed by atoms with van der Waals surface area (Å²) < 4.78 is 32.4. The number of benzene rings is 1. The minimum absolute atomic E-state index is 0.163. The van der Waals surface area contributed by atoms with Crippen LogP contribution in [0.15, 0.2) is 47.5 Å². The van der Waals surface area contributed by atoms with Gasteiger partial charge in [0, 0.05) is 44.5 Å². The van der Waals surface area contributed by atoms with Crippen molar-refractivity contribution >= 4 is 21.7 Å². The van der Waals surface area contributed by atoms with Crippen LogP contribution in [-0.2, 0) is 21.3 Å². The number of anilines is 1. The first-order valence-corrected chi connectivity index (χ1v) is 11.6. The monoisotopic (exact) mass is 430 g/mol. The third kappa shape index (κ3) is 4.63. The first-order valence-electron chi connectivity index (χ1n) is 10.2. The highest BCUT2D eigenvalue weighted by Gasteiger charge is 2.27. The fourth-order valence-corrected chi connectivity index (χ4v) is 5.26. The Kier molecular flexibility index (Phi) is 6.31. The van der Waals surface area contributed by atoms with E-state index in [-0.39, 0.29) is 10.8 Å². The van der Waals surface area contributed by atoms with E-state index in [1.165, 1.54) is 10.4 Å². The van der Waals surface area contributed by atoms with Gasteiger partial charge in [0.25, 0.3) is 5.91 Å². The maximum Gasteiger partial charge on any atom is 0.251 e. The van der Waals surface area contributed by atoms with Gasteiger partial charge in [-0.25, -0.2) is 13.4 Å². The summed E-state index contributed by atoms with van der Waals surface area (Å²) in [6.45, 7) is 4.35. The second kappa shape index (κ2) is 9.11. The molecule has 9 heteroatoms. The van der Waals surface area contributed by atoms with Crippen molar-refractivity contribution in [3.63, 3.8) is 0 Å². The molecule has 1 aromatic heterocycles. The lowest BCUT2D eigenvalue weighted by atomic mass is 10.2. The lowest BCUT2D eigenvalue weighted by molar-refractivity contribution is 0.0950. The maximum absolute atomic E-state index is 12.8. The summed E-state index contributed by atoms with van der Waals surface area (Å²) in [5.41, 5.74) is 1.26. The van der Waals surface area contributed by atoms with Crippen molar-refractivity contribution < 1.29 is 17.9 Å². The molecule has 1 N–H and O–H groups in total. The van der Waals surface area contributed by atoms with Crippen molar-refractivity contribution in [3.8, 4) is 0 Å². The number of nitrogens with one attached hydrogen (secondary N) is 1. The van der Waals surface area contributed by atoms with Crippen LogP contribution in [0.2, 0.25) is 0 Å². The van der Waals surface area contributed by atoms with Crippen LogP contribution in [0.25, 0.3) is 0 Å². The standard InChI is InChI=1S/C21H26N4O4S/c26-21(18-4-3-5-19(15-18)30(27,28)25-8-1-2-9-25)23-16-17-6-7-22-20(14-17)24-10-12-29-13-11-24/h3-7,14-15H,1-2,8-13,16H2,(H,23,26). The van der Waals surface area contributed by atoms with Crippen molar-refractivity contribution in [2.75, 3.05) is 44.3 Å². The van der Waals surface area contributed by atoms with E-state index in [1.54, 1.807) is 24.4 Å². The van der Waals surface area contributed by atoms with Gasteiger partial charge in [0.2, 0.25) is 10.0 Å². The summed E-state index contributed by atoms with van der Waals surface area (Å²) in [5, 5.41) is 2.88. The lowest BCUT2D eigenvalue weighted by Crippen LogP contribution is -2.36. The molecule has 0 radical (unpaired) electrons. The SMILES string of the molecule is O=C(NCc1ccnc(N2CCOCC2)c1)c1cccc(S(=O)(=O)N2CCCC2)c1. The van der Waals surface area contributed by atoms with E-state index in [0.717, 1.165) is 37.3 Å². The molecule has 0 aliphatic carbocycles. The molecule has 2 saturated heterocycles. The molecule has 3 heterocycles. The molecule has 0 unspecified atom stereocenters. The third-order valence-corrected chi connectivity index (χ3v) is 7.29. The maximum atomic E-state index is 12.8. The molecule has 2 aromatic rings. The third-order valence-electron chi connectivity index (χ3n) is 5.40. The number of carbonyl (C=O) groups excluding carboxylic acids is 1. The van der Waals surface area contributed by atoms with Crippen LogP contribution >= 0.6 is 0 Å². The summed E-state index contributed by atoms with van der Waals surface area (Å²) in [6, 6.07) is 10.1. The summed E-state index contributed by atoms with van der Waals surface area (Å²) >= 11 is 0. The Hall–Kier alpha value is -2.49. The van der Waals surface area contributed by atoms with Gasteiger partial charge in [0.05, 0.1) is 18.1 Å². The Morgan fingerprint density at radius 2 is 1.83 bits per heavy atom. The molecule has 2 aliphatic heterocycles. The number of morpholine rings is 1. The van der Waals surface area contributed by atoms with E-state index >= 15 is 0 Å². The molecule has 2 fully saturated rings. The fourth-order valence-electron chi connectivity index (χ4n) is 3.70. The zero-order valence-electron chi connectivity index (χ0n) is 16.8. The van der Waals surface area contributed by atoms with E-state index < -0.39 is 10.0 Å². The first-order chi connectivity index (χ1) is 14.5. The highest BCUT2D eigenvalue weighted by Crippen LogP contribution is 2.21. The van der Waals surface area contributed by atoms with Gasteiger partial charge in [0.1, 0.15) is 5.82 Å². The predicted molar refractivity (Wildman–Crippen MR) is 113 cm³/mol. The van der Waals surface area contributed by atoms with Gasteiger partial charge in [-0.1, -0.05) is 6.07 Å². The molecular weight excluding hydrogens is 404 g/mol. The topological polar surface area (TPSA) is 91.8 Å². The average Bonchev–Trinajstić information content (AvgIpc) is 3.34. The number of aromatic nitrogens is 1. The Morgan fingerprint density at radius 3 is 2.60 bits per heavy atom. The van der Waals surface area contributed by atoms with Gasteiger partial charge < -0.3 is 15.0 Å². The fraction of sp³-hybridized carbons (Fsp3) is 0.429. The lowest BCUT2D eigenvalue weighted by Gasteiger charge is -2.28. The smallest absolute Gasteiger partial charge is 0.251 e. The minimum Gasteiger partial charge on any atom is -0.378 e. The molecule has 8 nitrogen and oxygen atoms in total. The highest BCUT2D eigenvalue weighted by molar-refractivity contribution is 7.89. The predicted octanol–water partition coefficient (Wildman–Crippen LogP) is 1.63. The summed E-state index contributed by atoms with van der Waals surface area (Å²) in [4.78, 5) is 19.4. The van der Waals surface area contributed by atoms with Gasteiger partial charge in [-0.3, -0.25) is 4.79 Å². The molecule has 0 atom stereocenters. The number of hydrogen-bond donors (Lipinski definition) is 1. The van der Waals surface area contributed by atoms with Crippen LogP contribution < -0.4 is 10.2 Å². The van der Waals surface area contributed by atoms with Gasteiger partial charge >= 0.3 is 0 Å². The number of sulfonamides is 1. The van der Waals surface area contributed by atoms with E-state index in [1.807, 2.05) is 12.1 Å². The van der Waals surface area contributed by atoms with Crippen LogP contribution in [0, 0.1) is 0 Å². The van der Waals surface area contributed by atoms with E-state index in [2.05, 4.69) is 15.2 Å². The second-order valence-electron chi connectivity index (χ2n) is 7.44. The molecule has 30 heavy (non-hydrogen) atoms. The Labute approximate surface area is 176 Å². The van der Waals surface area contributed by atoms with Crippen LogP contribution in [0.1, 0.15) is 28.8 Å². The van der Waals surface area contributed by atoms with Crippen molar-refractivity contribution in [3.05, 3.63) is 53.7 Å². The summed E-state index contributed by atoms with van der Waals surface area (Å²) in [6.07, 6.45) is 3.48. The Balaban J connectivity index is 1.42. The summed E-state index contributed by atoms with van der Waals surface area (Å²) in [7, 11) is -3.55. The largest absolute Gasteiger partial charge is 0.378 e. The van der Waals surface area contributed by atoms with Gasteiger partial charge in [0.15, 0.2) is 0 Å². The van der Waals surface area contributed by atoms with Crippen LogP contribution in [0.4, 0.5) is 5.82 Å². The van der Waals surface area contributed by atoms with Gasteiger partial charge in [-0.15, -0.1) is 0 Å². The van der Waals surface area contributed by atoms with Crippen molar-refractivity contribution in [1.82, 2.24) is 14.6 Å². The van der Waals surface area contributed by atoms with Gasteiger partial charge in [-0.2, -0.15) is 4.31 Å². The van der Waals surface area contributed by atoms with Crippen molar-refractivity contribution in [1.29, 1.82) is 0 Å². The number of rotatable bonds is 6. The van der Waals surface area contributed by atoms with E-state index in [0.29, 0.717) is 38.4 Å². The number of carbonyl (C=O) groups is 1. The zero-order chi connectivity index (χ0) is 21.0. The molecule has 1 aromatic carbocycles. The molecular formula is C21H26N4O4S.